The van der Waals surface area contributed by atoms with Crippen LogP contribution in [0, 0.1) is 13.8 Å². The molecule has 0 aliphatic rings. The highest BCUT2D eigenvalue weighted by Crippen LogP contribution is 2.31. The zero-order chi connectivity index (χ0) is 27.9. The van der Waals surface area contributed by atoms with Crippen LogP contribution >= 0.6 is 11.6 Å². The van der Waals surface area contributed by atoms with Crippen molar-refractivity contribution in [3.05, 3.63) is 94.5 Å². The summed E-state index contributed by atoms with van der Waals surface area (Å²) in [5, 5.41) is 3.02. The molecule has 3 aromatic carbocycles. The van der Waals surface area contributed by atoms with Gasteiger partial charge < -0.3 is 10.2 Å². The Morgan fingerprint density at radius 2 is 1.63 bits per heavy atom. The zero-order valence-corrected chi connectivity index (χ0v) is 23.7. The van der Waals surface area contributed by atoms with E-state index in [9.17, 15) is 18.0 Å². The van der Waals surface area contributed by atoms with Crippen molar-refractivity contribution in [1.82, 2.24) is 10.2 Å². The third-order valence-electron chi connectivity index (χ3n) is 6.16. The van der Waals surface area contributed by atoms with Gasteiger partial charge in [0.15, 0.2) is 0 Å². The van der Waals surface area contributed by atoms with Gasteiger partial charge in [0.1, 0.15) is 12.6 Å². The lowest BCUT2D eigenvalue weighted by molar-refractivity contribution is -0.139. The number of amides is 2. The lowest BCUT2D eigenvalue weighted by Gasteiger charge is -2.32. The minimum absolute atomic E-state index is 0.0368. The van der Waals surface area contributed by atoms with Crippen molar-refractivity contribution in [3.63, 3.8) is 0 Å². The van der Waals surface area contributed by atoms with Crippen LogP contribution in [0.15, 0.2) is 77.7 Å². The van der Waals surface area contributed by atoms with Crippen molar-refractivity contribution < 1.29 is 18.0 Å². The molecule has 0 bridgehead atoms. The summed E-state index contributed by atoms with van der Waals surface area (Å²) in [6.45, 7) is 7.48. The van der Waals surface area contributed by atoms with Gasteiger partial charge in [-0.2, -0.15) is 0 Å². The van der Waals surface area contributed by atoms with E-state index in [0.29, 0.717) is 6.54 Å². The predicted molar refractivity (Wildman–Crippen MR) is 152 cm³/mol. The molecule has 2 amide bonds. The largest absolute Gasteiger partial charge is 0.354 e. The van der Waals surface area contributed by atoms with Gasteiger partial charge in [-0.05, 0) is 57.0 Å². The molecule has 3 aromatic rings. The number of carbonyl (C=O) groups is 2. The number of hydrogen-bond acceptors (Lipinski definition) is 4. The summed E-state index contributed by atoms with van der Waals surface area (Å²) in [4.78, 5) is 28.2. The molecule has 7 nitrogen and oxygen atoms in total. The molecule has 0 radical (unpaired) electrons. The van der Waals surface area contributed by atoms with Crippen molar-refractivity contribution in [2.24, 2.45) is 0 Å². The van der Waals surface area contributed by atoms with E-state index in [1.165, 1.54) is 17.0 Å². The number of anilines is 1. The van der Waals surface area contributed by atoms with Gasteiger partial charge in [-0.1, -0.05) is 78.2 Å². The lowest BCUT2D eigenvalue weighted by atomic mass is 10.1. The van der Waals surface area contributed by atoms with Crippen LogP contribution in [0.2, 0.25) is 5.02 Å². The Labute approximate surface area is 230 Å². The van der Waals surface area contributed by atoms with Crippen LogP contribution in [0.1, 0.15) is 37.0 Å². The molecule has 0 saturated heterocycles. The number of halogens is 1. The second kappa shape index (κ2) is 12.9. The Kier molecular flexibility index (Phi) is 9.94. The van der Waals surface area contributed by atoms with Crippen LogP contribution in [0.25, 0.3) is 0 Å². The molecule has 202 valence electrons. The SMILES string of the molecule is CCCNC(=O)[C@@H](C)N(Cc1cccc(C)c1)C(=O)CN(c1ccccc1Cl)S(=O)(=O)c1ccc(C)cc1. The van der Waals surface area contributed by atoms with Gasteiger partial charge >= 0.3 is 0 Å². The van der Waals surface area contributed by atoms with Crippen LogP contribution in [0.3, 0.4) is 0 Å². The Morgan fingerprint density at radius 3 is 2.26 bits per heavy atom. The van der Waals surface area contributed by atoms with Crippen molar-refractivity contribution in [2.75, 3.05) is 17.4 Å². The van der Waals surface area contributed by atoms with Gasteiger partial charge in [0.25, 0.3) is 10.0 Å². The van der Waals surface area contributed by atoms with Crippen molar-refractivity contribution in [1.29, 1.82) is 0 Å². The molecule has 0 spiro atoms. The first-order chi connectivity index (χ1) is 18.0. The molecule has 1 atom stereocenters. The molecule has 0 fully saturated rings. The predicted octanol–water partition coefficient (Wildman–Crippen LogP) is 5.10. The summed E-state index contributed by atoms with van der Waals surface area (Å²) in [7, 11) is -4.16. The van der Waals surface area contributed by atoms with E-state index in [0.717, 1.165) is 27.4 Å². The van der Waals surface area contributed by atoms with E-state index in [-0.39, 0.29) is 28.1 Å². The van der Waals surface area contributed by atoms with Crippen LogP contribution in [-0.4, -0.2) is 44.3 Å². The number of aryl methyl sites for hydroxylation is 2. The summed E-state index contributed by atoms with van der Waals surface area (Å²) in [6, 6.07) is 19.7. The van der Waals surface area contributed by atoms with Crippen molar-refractivity contribution in [3.8, 4) is 0 Å². The Balaban J connectivity index is 2.03. The van der Waals surface area contributed by atoms with Crippen molar-refractivity contribution >= 4 is 39.1 Å². The van der Waals surface area contributed by atoms with Gasteiger partial charge in [0, 0.05) is 13.1 Å². The Bertz CT molecular complexity index is 1380. The number of benzene rings is 3. The Morgan fingerprint density at radius 1 is 0.947 bits per heavy atom. The molecule has 0 heterocycles. The average Bonchev–Trinajstić information content (AvgIpc) is 2.89. The minimum atomic E-state index is -4.16. The fourth-order valence-corrected chi connectivity index (χ4v) is 5.71. The van der Waals surface area contributed by atoms with Gasteiger partial charge in [0.2, 0.25) is 11.8 Å². The van der Waals surface area contributed by atoms with E-state index < -0.39 is 28.5 Å². The number of nitrogens with one attached hydrogen (secondary N) is 1. The summed E-state index contributed by atoms with van der Waals surface area (Å²) < 4.78 is 28.7. The number of rotatable bonds is 11. The van der Waals surface area contributed by atoms with Crippen LogP contribution < -0.4 is 9.62 Å². The van der Waals surface area contributed by atoms with Crippen molar-refractivity contribution in [2.45, 2.75) is 51.6 Å². The second-order valence-corrected chi connectivity index (χ2v) is 11.5. The molecular weight excluding hydrogens is 522 g/mol. The smallest absolute Gasteiger partial charge is 0.264 e. The lowest BCUT2D eigenvalue weighted by Crippen LogP contribution is -2.51. The van der Waals surface area contributed by atoms with Crippen LogP contribution in [0.4, 0.5) is 5.69 Å². The van der Waals surface area contributed by atoms with E-state index in [1.54, 1.807) is 43.3 Å². The molecule has 1 N–H and O–H groups in total. The Hall–Kier alpha value is -3.36. The molecule has 0 unspecified atom stereocenters. The second-order valence-electron chi connectivity index (χ2n) is 9.25. The first-order valence-corrected chi connectivity index (χ1v) is 14.3. The highest BCUT2D eigenvalue weighted by atomic mass is 35.5. The third kappa shape index (κ3) is 7.14. The van der Waals surface area contributed by atoms with Gasteiger partial charge in [-0.3, -0.25) is 13.9 Å². The molecule has 38 heavy (non-hydrogen) atoms. The van der Waals surface area contributed by atoms with Gasteiger partial charge in [-0.25, -0.2) is 8.42 Å². The summed E-state index contributed by atoms with van der Waals surface area (Å²) in [5.74, 6) is -0.834. The van der Waals surface area contributed by atoms with E-state index in [1.807, 2.05) is 45.0 Å². The van der Waals surface area contributed by atoms with Crippen LogP contribution in [0.5, 0.6) is 0 Å². The van der Waals surface area contributed by atoms with Gasteiger partial charge in [0.05, 0.1) is 15.6 Å². The summed E-state index contributed by atoms with van der Waals surface area (Å²) in [5.41, 5.74) is 2.93. The maximum atomic E-state index is 13.9. The molecule has 0 aliphatic carbocycles. The van der Waals surface area contributed by atoms with Gasteiger partial charge in [-0.15, -0.1) is 0 Å². The number of nitrogens with zero attached hydrogens (tertiary/aromatic N) is 2. The minimum Gasteiger partial charge on any atom is -0.354 e. The van der Waals surface area contributed by atoms with E-state index >= 15 is 0 Å². The standard InChI is InChI=1S/C29H34ClN3O4S/c1-5-17-31-29(35)23(4)32(19-24-10-8-9-22(3)18-24)28(34)20-33(27-12-7-6-11-26(27)30)38(36,37)25-15-13-21(2)14-16-25/h6-16,18,23H,5,17,19-20H2,1-4H3,(H,31,35)/t23-/m1/s1. The molecule has 3 rings (SSSR count). The first kappa shape index (κ1) is 29.2. The number of sulfonamides is 1. The first-order valence-electron chi connectivity index (χ1n) is 12.5. The number of para-hydroxylation sites is 1. The quantitative estimate of drug-likeness (QED) is 0.357. The van der Waals surface area contributed by atoms with E-state index in [4.69, 9.17) is 11.6 Å². The fraction of sp³-hybridized carbons (Fsp3) is 0.310. The van der Waals surface area contributed by atoms with Crippen LogP contribution in [-0.2, 0) is 26.2 Å². The highest BCUT2D eigenvalue weighted by molar-refractivity contribution is 7.92. The topological polar surface area (TPSA) is 86.8 Å². The normalized spacial score (nSPS) is 12.0. The average molecular weight is 556 g/mol. The molecule has 0 saturated carbocycles. The summed E-state index contributed by atoms with van der Waals surface area (Å²) in [6.07, 6.45) is 0.749. The molecule has 0 aliphatic heterocycles. The molecule has 9 heteroatoms. The summed E-state index contributed by atoms with van der Waals surface area (Å²) >= 11 is 6.42. The number of hydrogen-bond donors (Lipinski definition) is 1. The monoisotopic (exact) mass is 555 g/mol. The third-order valence-corrected chi connectivity index (χ3v) is 8.25. The maximum absolute atomic E-state index is 13.9. The fourth-order valence-electron chi connectivity index (χ4n) is 3.99. The number of carbonyl (C=O) groups excluding carboxylic acids is 2. The molecular formula is C29H34ClN3O4S. The molecule has 0 aromatic heterocycles. The maximum Gasteiger partial charge on any atom is 0.264 e. The zero-order valence-electron chi connectivity index (χ0n) is 22.1. The highest BCUT2D eigenvalue weighted by Gasteiger charge is 2.33. The van der Waals surface area contributed by atoms with E-state index in [2.05, 4.69) is 5.32 Å².